The Morgan fingerprint density at radius 1 is 0.897 bits per heavy atom. The number of phenols is 2. The zero-order chi connectivity index (χ0) is 27.4. The van der Waals surface area contributed by atoms with Crippen LogP contribution in [0, 0.1) is 0 Å². The van der Waals surface area contributed by atoms with Crippen LogP contribution in [0.1, 0.15) is 56.7 Å². The van der Waals surface area contributed by atoms with Crippen LogP contribution in [0.25, 0.3) is 0 Å². The molecule has 2 aliphatic rings. The number of fused-ring (bicyclic) bond motifs is 1. The van der Waals surface area contributed by atoms with E-state index in [9.17, 15) is 19.8 Å². The van der Waals surface area contributed by atoms with E-state index in [0.29, 0.717) is 26.2 Å². The van der Waals surface area contributed by atoms with Gasteiger partial charge in [0.15, 0.2) is 0 Å². The summed E-state index contributed by atoms with van der Waals surface area (Å²) in [7, 11) is 1.63. The van der Waals surface area contributed by atoms with Crippen LogP contribution < -0.4 is 4.74 Å². The van der Waals surface area contributed by atoms with Crippen molar-refractivity contribution >= 4 is 11.8 Å². The summed E-state index contributed by atoms with van der Waals surface area (Å²) in [5, 5.41) is 20.9. The largest absolute Gasteiger partial charge is 0.507 e. The maximum atomic E-state index is 13.4. The standard InChI is InChI=1S/C31H35N3O5/c1-32(19-22-8-3-2-4-9-22)30(37)26-17-27(29(36)18-28(26)35)31(38)34-20-23-10-11-25(16-24(23)21-34)39-15-7-14-33-12-5-6-13-33/h2-4,8-11,16-18,35-36H,5-7,12-15,19-21H2,1H3. The van der Waals surface area contributed by atoms with Crippen molar-refractivity contribution in [3.63, 3.8) is 0 Å². The number of amides is 2. The molecule has 2 amide bonds. The molecule has 204 valence electrons. The molecule has 0 saturated carbocycles. The first kappa shape index (κ1) is 26.6. The van der Waals surface area contributed by atoms with Crippen LogP contribution >= 0.6 is 0 Å². The molecule has 0 bridgehead atoms. The monoisotopic (exact) mass is 529 g/mol. The Morgan fingerprint density at radius 3 is 2.38 bits per heavy atom. The molecule has 1 saturated heterocycles. The Kier molecular flexibility index (Phi) is 8.02. The molecule has 8 heteroatoms. The lowest BCUT2D eigenvalue weighted by atomic mass is 10.1. The fourth-order valence-corrected chi connectivity index (χ4v) is 5.31. The van der Waals surface area contributed by atoms with Crippen LogP contribution in [-0.4, -0.2) is 70.0 Å². The van der Waals surface area contributed by atoms with Gasteiger partial charge in [-0.2, -0.15) is 0 Å². The fourth-order valence-electron chi connectivity index (χ4n) is 5.31. The Balaban J connectivity index is 1.23. The number of carbonyl (C=O) groups excluding carboxylic acids is 2. The quantitative estimate of drug-likeness (QED) is 0.400. The van der Waals surface area contributed by atoms with Crippen LogP contribution in [-0.2, 0) is 19.6 Å². The van der Waals surface area contributed by atoms with Crippen molar-refractivity contribution in [3.05, 3.63) is 88.5 Å². The Labute approximate surface area is 229 Å². The number of aromatic hydroxyl groups is 2. The van der Waals surface area contributed by atoms with Crippen molar-refractivity contribution in [2.45, 2.75) is 38.9 Å². The van der Waals surface area contributed by atoms with Crippen LogP contribution in [0.15, 0.2) is 60.7 Å². The number of hydrogen-bond donors (Lipinski definition) is 2. The lowest BCUT2D eigenvalue weighted by Crippen LogP contribution is -2.28. The van der Waals surface area contributed by atoms with Gasteiger partial charge in [0, 0.05) is 39.3 Å². The Morgan fingerprint density at radius 2 is 1.62 bits per heavy atom. The Bertz CT molecular complexity index is 1340. The highest BCUT2D eigenvalue weighted by atomic mass is 16.5. The minimum atomic E-state index is -0.443. The molecule has 2 N–H and O–H groups in total. The minimum Gasteiger partial charge on any atom is -0.507 e. The van der Waals surface area contributed by atoms with Gasteiger partial charge in [0.1, 0.15) is 17.2 Å². The van der Waals surface area contributed by atoms with Crippen LogP contribution in [0.2, 0.25) is 0 Å². The van der Waals surface area contributed by atoms with E-state index in [1.54, 1.807) is 11.9 Å². The molecule has 0 spiro atoms. The first-order valence-electron chi connectivity index (χ1n) is 13.5. The van der Waals surface area contributed by atoms with Gasteiger partial charge in [-0.05, 0) is 67.2 Å². The van der Waals surface area contributed by atoms with Crippen molar-refractivity contribution in [1.82, 2.24) is 14.7 Å². The average Bonchev–Trinajstić information content (AvgIpc) is 3.61. The minimum absolute atomic E-state index is 0.0181. The van der Waals surface area contributed by atoms with Gasteiger partial charge in [-0.25, -0.2) is 0 Å². The molecular formula is C31H35N3O5. The third-order valence-electron chi connectivity index (χ3n) is 7.46. The number of benzene rings is 3. The first-order valence-corrected chi connectivity index (χ1v) is 13.5. The molecule has 0 aliphatic carbocycles. The molecule has 0 radical (unpaired) electrons. The lowest BCUT2D eigenvalue weighted by Gasteiger charge is -2.20. The number of phenolic OH excluding ortho intramolecular Hbond substituents is 2. The second-order valence-corrected chi connectivity index (χ2v) is 10.4. The lowest BCUT2D eigenvalue weighted by molar-refractivity contribution is 0.0748. The van der Waals surface area contributed by atoms with Gasteiger partial charge in [0.25, 0.3) is 11.8 Å². The molecule has 1 fully saturated rings. The van der Waals surface area contributed by atoms with Crippen molar-refractivity contribution < 1.29 is 24.5 Å². The molecule has 0 aromatic heterocycles. The summed E-state index contributed by atoms with van der Waals surface area (Å²) in [6.45, 7) is 5.16. The van der Waals surface area contributed by atoms with E-state index in [2.05, 4.69) is 4.90 Å². The zero-order valence-electron chi connectivity index (χ0n) is 22.3. The molecule has 0 unspecified atom stereocenters. The highest BCUT2D eigenvalue weighted by Gasteiger charge is 2.29. The predicted molar refractivity (Wildman–Crippen MR) is 148 cm³/mol. The molecule has 0 atom stereocenters. The molecule has 3 aromatic rings. The summed E-state index contributed by atoms with van der Waals surface area (Å²) < 4.78 is 5.97. The summed E-state index contributed by atoms with van der Waals surface area (Å²) in [5.41, 5.74) is 2.90. The molecule has 8 nitrogen and oxygen atoms in total. The van der Waals surface area contributed by atoms with Gasteiger partial charge in [-0.3, -0.25) is 9.59 Å². The highest BCUT2D eigenvalue weighted by Crippen LogP contribution is 2.33. The van der Waals surface area contributed by atoms with Gasteiger partial charge < -0.3 is 29.6 Å². The van der Waals surface area contributed by atoms with Gasteiger partial charge >= 0.3 is 0 Å². The second-order valence-electron chi connectivity index (χ2n) is 10.4. The molecule has 39 heavy (non-hydrogen) atoms. The maximum Gasteiger partial charge on any atom is 0.258 e. The third-order valence-corrected chi connectivity index (χ3v) is 7.46. The number of carbonyl (C=O) groups is 2. The summed E-state index contributed by atoms with van der Waals surface area (Å²) in [6, 6.07) is 17.7. The van der Waals surface area contributed by atoms with E-state index >= 15 is 0 Å². The van der Waals surface area contributed by atoms with Crippen LogP contribution in [0.5, 0.6) is 17.2 Å². The summed E-state index contributed by atoms with van der Waals surface area (Å²) >= 11 is 0. The van der Waals surface area contributed by atoms with Gasteiger partial charge in [-0.15, -0.1) is 0 Å². The van der Waals surface area contributed by atoms with E-state index in [0.717, 1.165) is 41.5 Å². The summed E-state index contributed by atoms with van der Waals surface area (Å²) in [6.07, 6.45) is 3.54. The molecule has 2 heterocycles. The molecule has 2 aliphatic heterocycles. The topological polar surface area (TPSA) is 93.6 Å². The number of likely N-dealkylation sites (tertiary alicyclic amines) is 1. The van der Waals surface area contributed by atoms with Crippen molar-refractivity contribution in [2.24, 2.45) is 0 Å². The molecular weight excluding hydrogens is 494 g/mol. The van der Waals surface area contributed by atoms with E-state index < -0.39 is 11.8 Å². The smallest absolute Gasteiger partial charge is 0.258 e. The third kappa shape index (κ3) is 6.17. The summed E-state index contributed by atoms with van der Waals surface area (Å²) in [4.78, 5) is 32.1. The Hall–Kier alpha value is -4.04. The van der Waals surface area contributed by atoms with Crippen molar-refractivity contribution in [1.29, 1.82) is 0 Å². The van der Waals surface area contributed by atoms with Crippen molar-refractivity contribution in [2.75, 3.05) is 33.3 Å². The first-order chi connectivity index (χ1) is 18.9. The van der Waals surface area contributed by atoms with Crippen LogP contribution in [0.3, 0.4) is 0 Å². The van der Waals surface area contributed by atoms with E-state index in [1.807, 2.05) is 48.5 Å². The number of rotatable bonds is 9. The second kappa shape index (κ2) is 11.8. The van der Waals surface area contributed by atoms with Gasteiger partial charge in [0.2, 0.25) is 0 Å². The fraction of sp³-hybridized carbons (Fsp3) is 0.355. The van der Waals surface area contributed by atoms with Gasteiger partial charge in [-0.1, -0.05) is 36.4 Å². The van der Waals surface area contributed by atoms with E-state index in [1.165, 1.54) is 36.9 Å². The van der Waals surface area contributed by atoms with E-state index in [4.69, 9.17) is 4.74 Å². The summed E-state index contributed by atoms with van der Waals surface area (Å²) in [5.74, 6) is -0.799. The average molecular weight is 530 g/mol. The van der Waals surface area contributed by atoms with E-state index in [-0.39, 0.29) is 22.6 Å². The number of hydrogen-bond acceptors (Lipinski definition) is 6. The molecule has 5 rings (SSSR count). The predicted octanol–water partition coefficient (Wildman–Crippen LogP) is 4.39. The SMILES string of the molecule is CN(Cc1ccccc1)C(=O)c1cc(C(=O)N2Cc3ccc(OCCCN4CCCC4)cc3C2)c(O)cc1O. The zero-order valence-corrected chi connectivity index (χ0v) is 22.3. The normalized spacial score (nSPS) is 14.8. The van der Waals surface area contributed by atoms with Crippen molar-refractivity contribution in [3.8, 4) is 17.2 Å². The number of ether oxygens (including phenoxy) is 1. The maximum absolute atomic E-state index is 13.4. The highest BCUT2D eigenvalue weighted by molar-refractivity contribution is 6.03. The van der Waals surface area contributed by atoms with Gasteiger partial charge in [0.05, 0.1) is 17.7 Å². The molecule has 3 aromatic carbocycles. The van der Waals surface area contributed by atoms with Crippen LogP contribution in [0.4, 0.5) is 0 Å². The number of nitrogens with zero attached hydrogens (tertiary/aromatic N) is 3.